The summed E-state index contributed by atoms with van der Waals surface area (Å²) in [5.41, 5.74) is 5.55. The van der Waals surface area contributed by atoms with Crippen molar-refractivity contribution in [2.24, 2.45) is 0 Å². The van der Waals surface area contributed by atoms with Crippen LogP contribution in [0.5, 0.6) is 5.75 Å². The molecule has 0 spiro atoms. The van der Waals surface area contributed by atoms with E-state index in [1.807, 2.05) is 0 Å². The van der Waals surface area contributed by atoms with E-state index in [0.29, 0.717) is 6.04 Å². The number of hydrogen-bond acceptors (Lipinski definition) is 3. The topological polar surface area (TPSA) is 38.6 Å². The number of imidazole rings is 1. The third-order valence-electron chi connectivity index (χ3n) is 6.02. The van der Waals surface area contributed by atoms with Gasteiger partial charge in [0.1, 0.15) is 17.6 Å². The highest BCUT2D eigenvalue weighted by molar-refractivity contribution is 5.67. The number of ether oxygens (including phenoxy) is 1. The van der Waals surface area contributed by atoms with E-state index < -0.39 is 0 Å². The van der Waals surface area contributed by atoms with E-state index >= 15 is 0 Å². The van der Waals surface area contributed by atoms with Gasteiger partial charge in [-0.15, -0.1) is 0 Å². The van der Waals surface area contributed by atoms with Crippen molar-refractivity contribution in [1.29, 1.82) is 0 Å². The zero-order valence-corrected chi connectivity index (χ0v) is 17.9. The summed E-state index contributed by atoms with van der Waals surface area (Å²) in [4.78, 5) is 4.81. The smallest absolute Gasteiger partial charge is 0.150 e. The van der Waals surface area contributed by atoms with Crippen molar-refractivity contribution >= 4 is 5.65 Å². The van der Waals surface area contributed by atoms with Gasteiger partial charge in [-0.2, -0.15) is 0 Å². The molecule has 1 aliphatic rings. The second kappa shape index (κ2) is 9.00. The Labute approximate surface area is 174 Å². The Hall–Kier alpha value is -2.33. The molecule has 0 bridgehead atoms. The molecule has 1 aromatic carbocycles. The first kappa shape index (κ1) is 20.0. The van der Waals surface area contributed by atoms with Gasteiger partial charge in [-0.05, 0) is 74.6 Å². The molecule has 2 aromatic heterocycles. The first-order valence-corrected chi connectivity index (χ1v) is 11.1. The molecule has 1 saturated carbocycles. The van der Waals surface area contributed by atoms with Crippen LogP contribution < -0.4 is 10.1 Å². The zero-order chi connectivity index (χ0) is 20.2. The maximum atomic E-state index is 6.32. The van der Waals surface area contributed by atoms with E-state index in [9.17, 15) is 0 Å². The highest BCUT2D eigenvalue weighted by Crippen LogP contribution is 2.28. The van der Waals surface area contributed by atoms with Gasteiger partial charge >= 0.3 is 0 Å². The molecule has 1 N–H and O–H groups in total. The molecule has 1 fully saturated rings. The average molecular weight is 392 g/mol. The number of nitrogens with one attached hydrogen (secondary N) is 1. The zero-order valence-electron chi connectivity index (χ0n) is 17.9. The predicted molar refractivity (Wildman–Crippen MR) is 119 cm³/mol. The molecule has 1 aliphatic carbocycles. The molecular formula is C25H33N3O. The first-order valence-electron chi connectivity index (χ1n) is 11.1. The Morgan fingerprint density at radius 2 is 1.90 bits per heavy atom. The lowest BCUT2D eigenvalue weighted by Gasteiger charge is -2.25. The van der Waals surface area contributed by atoms with Gasteiger partial charge in [-0.25, -0.2) is 4.98 Å². The summed E-state index contributed by atoms with van der Waals surface area (Å²) >= 11 is 0. The number of aryl methyl sites for hydroxylation is 2. The molecule has 0 aliphatic heterocycles. The monoisotopic (exact) mass is 391 g/mol. The normalized spacial score (nSPS) is 16.7. The lowest BCUT2D eigenvalue weighted by molar-refractivity contribution is 0.139. The second-order valence-electron chi connectivity index (χ2n) is 8.44. The molecule has 0 radical (unpaired) electrons. The summed E-state index contributed by atoms with van der Waals surface area (Å²) in [6.07, 6.45) is 13.2. The van der Waals surface area contributed by atoms with Crippen molar-refractivity contribution in [2.45, 2.75) is 78.0 Å². The number of benzene rings is 1. The molecule has 1 atom stereocenters. The van der Waals surface area contributed by atoms with Crippen LogP contribution in [0.1, 0.15) is 63.0 Å². The number of nitrogens with zero attached hydrogens (tertiary/aromatic N) is 2. The molecular weight excluding hydrogens is 358 g/mol. The molecule has 0 saturated heterocycles. The van der Waals surface area contributed by atoms with Crippen molar-refractivity contribution in [3.05, 3.63) is 53.9 Å². The van der Waals surface area contributed by atoms with Crippen LogP contribution in [0.15, 0.2) is 42.7 Å². The molecule has 4 heteroatoms. The Morgan fingerprint density at radius 3 is 2.62 bits per heavy atom. The van der Waals surface area contributed by atoms with Crippen LogP contribution in [-0.4, -0.2) is 21.7 Å². The van der Waals surface area contributed by atoms with Gasteiger partial charge in [0.15, 0.2) is 0 Å². The average Bonchev–Trinajstić information content (AvgIpc) is 2.94. The van der Waals surface area contributed by atoms with Crippen LogP contribution >= 0.6 is 0 Å². The second-order valence-corrected chi connectivity index (χ2v) is 8.44. The Kier molecular flexibility index (Phi) is 6.19. The predicted octanol–water partition coefficient (Wildman–Crippen LogP) is 6.05. The van der Waals surface area contributed by atoms with E-state index in [-0.39, 0.29) is 6.23 Å². The summed E-state index contributed by atoms with van der Waals surface area (Å²) in [6, 6.07) is 11.2. The number of fused-ring (bicyclic) bond motifs is 1. The summed E-state index contributed by atoms with van der Waals surface area (Å²) in [6.45, 7) is 6.42. The minimum atomic E-state index is 0.0709. The SMILES string of the molecule is CCC(NC1CCCCCC1)Oc1ccc(-c2cn3ccc(C)cc3n2)c(C)c1. The fourth-order valence-corrected chi connectivity index (χ4v) is 4.32. The quantitative estimate of drug-likeness (QED) is 0.411. The van der Waals surface area contributed by atoms with E-state index in [0.717, 1.165) is 29.1 Å². The van der Waals surface area contributed by atoms with Crippen LogP contribution in [0.2, 0.25) is 0 Å². The molecule has 154 valence electrons. The van der Waals surface area contributed by atoms with Gasteiger partial charge in [0.25, 0.3) is 0 Å². The van der Waals surface area contributed by atoms with Gasteiger partial charge in [-0.3, -0.25) is 5.32 Å². The molecule has 29 heavy (non-hydrogen) atoms. The molecule has 2 heterocycles. The van der Waals surface area contributed by atoms with Gasteiger partial charge in [0.05, 0.1) is 5.69 Å². The van der Waals surface area contributed by atoms with Gasteiger partial charge in [0.2, 0.25) is 0 Å². The minimum absolute atomic E-state index is 0.0709. The van der Waals surface area contributed by atoms with E-state index in [1.165, 1.54) is 49.7 Å². The molecule has 4 rings (SSSR count). The van der Waals surface area contributed by atoms with Crippen molar-refractivity contribution in [2.75, 3.05) is 0 Å². The largest absolute Gasteiger partial charge is 0.475 e. The van der Waals surface area contributed by atoms with Crippen LogP contribution in [0, 0.1) is 13.8 Å². The van der Waals surface area contributed by atoms with Crippen LogP contribution in [-0.2, 0) is 0 Å². The van der Waals surface area contributed by atoms with Crippen molar-refractivity contribution in [3.8, 4) is 17.0 Å². The fourth-order valence-electron chi connectivity index (χ4n) is 4.32. The highest BCUT2D eigenvalue weighted by atomic mass is 16.5. The molecule has 0 amide bonds. The van der Waals surface area contributed by atoms with Gasteiger partial charge < -0.3 is 9.14 Å². The van der Waals surface area contributed by atoms with Gasteiger partial charge in [0, 0.05) is 24.0 Å². The summed E-state index contributed by atoms with van der Waals surface area (Å²) in [7, 11) is 0. The molecule has 3 aromatic rings. The molecule has 4 nitrogen and oxygen atoms in total. The number of aromatic nitrogens is 2. The summed E-state index contributed by atoms with van der Waals surface area (Å²) in [5, 5.41) is 3.74. The minimum Gasteiger partial charge on any atom is -0.475 e. The lowest BCUT2D eigenvalue weighted by atomic mass is 10.1. The Bertz CT molecular complexity index is 954. The van der Waals surface area contributed by atoms with Crippen LogP contribution in [0.3, 0.4) is 0 Å². The maximum Gasteiger partial charge on any atom is 0.150 e. The van der Waals surface area contributed by atoms with Crippen LogP contribution in [0.25, 0.3) is 16.9 Å². The summed E-state index contributed by atoms with van der Waals surface area (Å²) < 4.78 is 8.40. The lowest BCUT2D eigenvalue weighted by Crippen LogP contribution is -2.41. The third-order valence-corrected chi connectivity index (χ3v) is 6.02. The number of hydrogen-bond donors (Lipinski definition) is 1. The number of rotatable bonds is 6. The Morgan fingerprint density at radius 1 is 1.10 bits per heavy atom. The van der Waals surface area contributed by atoms with Crippen molar-refractivity contribution in [3.63, 3.8) is 0 Å². The van der Waals surface area contributed by atoms with Crippen LogP contribution in [0.4, 0.5) is 0 Å². The third kappa shape index (κ3) is 4.81. The molecule has 1 unspecified atom stereocenters. The standard InChI is InChI=1S/C25H33N3O/c1-4-25(26-20-9-7-5-6-8-10-20)29-21-11-12-22(19(3)16-21)23-17-28-14-13-18(2)15-24(28)27-23/h11-17,20,25-26H,4-10H2,1-3H3. The highest BCUT2D eigenvalue weighted by Gasteiger charge is 2.17. The number of pyridine rings is 1. The van der Waals surface area contributed by atoms with E-state index in [4.69, 9.17) is 9.72 Å². The van der Waals surface area contributed by atoms with Crippen molar-refractivity contribution in [1.82, 2.24) is 14.7 Å². The van der Waals surface area contributed by atoms with E-state index in [1.54, 1.807) is 0 Å². The first-order chi connectivity index (χ1) is 14.1. The van der Waals surface area contributed by atoms with E-state index in [2.05, 4.69) is 73.2 Å². The Balaban J connectivity index is 1.48. The fraction of sp³-hybridized carbons (Fsp3) is 0.480. The maximum absolute atomic E-state index is 6.32. The van der Waals surface area contributed by atoms with Gasteiger partial charge in [-0.1, -0.05) is 32.6 Å². The van der Waals surface area contributed by atoms with Crippen molar-refractivity contribution < 1.29 is 4.74 Å². The summed E-state index contributed by atoms with van der Waals surface area (Å²) in [5.74, 6) is 0.929.